The van der Waals surface area contributed by atoms with E-state index in [1.165, 1.54) is 25.0 Å². The molecule has 1 aromatic carbocycles. The quantitative estimate of drug-likeness (QED) is 0.821. The molecule has 2 rings (SSSR count). The van der Waals surface area contributed by atoms with Crippen molar-refractivity contribution >= 4 is 5.69 Å². The molecule has 1 aliphatic carbocycles. The predicted molar refractivity (Wildman–Crippen MR) is 77.2 cm³/mol. The van der Waals surface area contributed by atoms with E-state index >= 15 is 0 Å². The molecule has 21 heavy (non-hydrogen) atoms. The molecule has 0 amide bonds. The second kappa shape index (κ2) is 7.05. The maximum absolute atomic E-state index is 13.6. The number of hydrogen-bond acceptors (Lipinski definition) is 2. The van der Waals surface area contributed by atoms with Gasteiger partial charge in [0.2, 0.25) is 0 Å². The van der Waals surface area contributed by atoms with Crippen LogP contribution in [0.3, 0.4) is 0 Å². The molecule has 1 N–H and O–H groups in total. The van der Waals surface area contributed by atoms with E-state index in [-0.39, 0.29) is 0 Å². The van der Waals surface area contributed by atoms with Crippen molar-refractivity contribution in [1.82, 2.24) is 0 Å². The van der Waals surface area contributed by atoms with Gasteiger partial charge in [0.15, 0.2) is 11.6 Å². The van der Waals surface area contributed by atoms with Gasteiger partial charge in [0.05, 0.1) is 0 Å². The third kappa shape index (κ3) is 4.55. The number of anilines is 1. The van der Waals surface area contributed by atoms with Gasteiger partial charge < -0.3 is 10.1 Å². The Labute approximate surface area is 123 Å². The highest BCUT2D eigenvalue weighted by Crippen LogP contribution is 2.32. The zero-order chi connectivity index (χ0) is 15.4. The largest absolute Gasteiger partial charge is 0.432 e. The summed E-state index contributed by atoms with van der Waals surface area (Å²) in [6.45, 7) is 1.48. The number of rotatable bonds is 5. The van der Waals surface area contributed by atoms with Crippen LogP contribution in [-0.4, -0.2) is 12.7 Å². The molecule has 0 spiro atoms. The fraction of sp³-hybridized carbons (Fsp3) is 0.625. The minimum Gasteiger partial charge on any atom is -0.432 e. The van der Waals surface area contributed by atoms with Gasteiger partial charge in [0.1, 0.15) is 0 Å². The van der Waals surface area contributed by atoms with Gasteiger partial charge in [-0.25, -0.2) is 4.39 Å². The zero-order valence-electron chi connectivity index (χ0n) is 12.4. The van der Waals surface area contributed by atoms with E-state index in [0.717, 1.165) is 18.8 Å². The van der Waals surface area contributed by atoms with Crippen molar-refractivity contribution in [3.63, 3.8) is 0 Å². The first-order chi connectivity index (χ1) is 9.95. The van der Waals surface area contributed by atoms with Gasteiger partial charge in [-0.2, -0.15) is 8.78 Å². The molecule has 118 valence electrons. The van der Waals surface area contributed by atoms with E-state index in [1.807, 2.05) is 0 Å². The standard InChI is InChI=1S/C16H22F3NO/c1-10(2)11-3-5-12(6-4-11)20-13-7-8-15(14(17)9-13)21-16(18)19/h7-12,16,20H,3-6H2,1-2H3. The monoisotopic (exact) mass is 301 g/mol. The fourth-order valence-corrected chi connectivity index (χ4v) is 2.95. The smallest absolute Gasteiger partial charge is 0.387 e. The van der Waals surface area contributed by atoms with Crippen molar-refractivity contribution in [1.29, 1.82) is 0 Å². The van der Waals surface area contributed by atoms with E-state index in [9.17, 15) is 13.2 Å². The van der Waals surface area contributed by atoms with Crippen molar-refractivity contribution in [2.24, 2.45) is 11.8 Å². The van der Waals surface area contributed by atoms with Crippen LogP contribution in [0.5, 0.6) is 5.75 Å². The van der Waals surface area contributed by atoms with Crippen LogP contribution in [0.15, 0.2) is 18.2 Å². The first-order valence-corrected chi connectivity index (χ1v) is 7.46. The summed E-state index contributed by atoms with van der Waals surface area (Å²) in [5.74, 6) is 0.283. The van der Waals surface area contributed by atoms with Crippen LogP contribution in [0, 0.1) is 17.7 Å². The second-order valence-corrected chi connectivity index (χ2v) is 6.02. The summed E-state index contributed by atoms with van der Waals surface area (Å²) in [5.41, 5.74) is 0.613. The fourth-order valence-electron chi connectivity index (χ4n) is 2.95. The summed E-state index contributed by atoms with van der Waals surface area (Å²) in [6.07, 6.45) is 4.45. The molecule has 0 aromatic heterocycles. The maximum atomic E-state index is 13.6. The lowest BCUT2D eigenvalue weighted by Crippen LogP contribution is -2.27. The van der Waals surface area contributed by atoms with Crippen LogP contribution in [0.2, 0.25) is 0 Å². The first-order valence-electron chi connectivity index (χ1n) is 7.46. The van der Waals surface area contributed by atoms with Crippen LogP contribution in [0.1, 0.15) is 39.5 Å². The predicted octanol–water partition coefficient (Wildman–Crippen LogP) is 5.05. The van der Waals surface area contributed by atoms with E-state index in [1.54, 1.807) is 6.07 Å². The van der Waals surface area contributed by atoms with Crippen LogP contribution in [-0.2, 0) is 0 Å². The van der Waals surface area contributed by atoms with Gasteiger partial charge >= 0.3 is 6.61 Å². The van der Waals surface area contributed by atoms with Crippen LogP contribution >= 0.6 is 0 Å². The third-order valence-corrected chi connectivity index (χ3v) is 4.23. The highest BCUT2D eigenvalue weighted by atomic mass is 19.3. The molecule has 0 atom stereocenters. The molecule has 1 saturated carbocycles. The molecule has 5 heteroatoms. The van der Waals surface area contributed by atoms with Crippen molar-refractivity contribution in [3.8, 4) is 5.75 Å². The Bertz CT molecular complexity index is 457. The number of nitrogens with one attached hydrogen (secondary N) is 1. The summed E-state index contributed by atoms with van der Waals surface area (Å²) in [7, 11) is 0. The van der Waals surface area contributed by atoms with Gasteiger partial charge in [-0.05, 0) is 49.7 Å². The SMILES string of the molecule is CC(C)C1CCC(Nc2ccc(OC(F)F)c(F)c2)CC1. The van der Waals surface area contributed by atoms with Crippen LogP contribution in [0.25, 0.3) is 0 Å². The minimum atomic E-state index is -3.01. The van der Waals surface area contributed by atoms with E-state index < -0.39 is 18.2 Å². The number of ether oxygens (including phenoxy) is 1. The van der Waals surface area contributed by atoms with Crippen LogP contribution in [0.4, 0.5) is 18.9 Å². The van der Waals surface area contributed by atoms with Gasteiger partial charge in [-0.3, -0.25) is 0 Å². The van der Waals surface area contributed by atoms with E-state index in [0.29, 0.717) is 17.6 Å². The number of benzene rings is 1. The molecule has 0 saturated heterocycles. The Balaban J connectivity index is 1.91. The van der Waals surface area contributed by atoms with Crippen molar-refractivity contribution in [2.75, 3.05) is 5.32 Å². The molecule has 1 aromatic rings. The molecule has 0 heterocycles. The Morgan fingerprint density at radius 3 is 2.33 bits per heavy atom. The topological polar surface area (TPSA) is 21.3 Å². The highest BCUT2D eigenvalue weighted by Gasteiger charge is 2.23. The molecule has 0 radical (unpaired) electrons. The van der Waals surface area contributed by atoms with E-state index in [4.69, 9.17) is 0 Å². The van der Waals surface area contributed by atoms with Crippen LogP contribution < -0.4 is 10.1 Å². The molecule has 1 aliphatic rings. The van der Waals surface area contributed by atoms with Gasteiger partial charge in [-0.15, -0.1) is 0 Å². The summed E-state index contributed by atoms with van der Waals surface area (Å²) in [4.78, 5) is 0. The minimum absolute atomic E-state index is 0.321. The summed E-state index contributed by atoms with van der Waals surface area (Å²) < 4.78 is 41.9. The van der Waals surface area contributed by atoms with Gasteiger partial charge in [0.25, 0.3) is 0 Å². The zero-order valence-corrected chi connectivity index (χ0v) is 12.4. The molecule has 0 unspecified atom stereocenters. The summed E-state index contributed by atoms with van der Waals surface area (Å²) in [5, 5.41) is 3.28. The normalized spacial score (nSPS) is 22.6. The average molecular weight is 301 g/mol. The summed E-state index contributed by atoms with van der Waals surface area (Å²) >= 11 is 0. The molecular formula is C16H22F3NO. The molecule has 2 nitrogen and oxygen atoms in total. The highest BCUT2D eigenvalue weighted by molar-refractivity contribution is 5.48. The Kier molecular flexibility index (Phi) is 5.37. The molecular weight excluding hydrogens is 279 g/mol. The van der Waals surface area contributed by atoms with Gasteiger partial charge in [-0.1, -0.05) is 13.8 Å². The lowest BCUT2D eigenvalue weighted by atomic mass is 9.79. The third-order valence-electron chi connectivity index (χ3n) is 4.23. The Hall–Kier alpha value is -1.39. The van der Waals surface area contributed by atoms with Gasteiger partial charge in [0, 0.05) is 17.8 Å². The lowest BCUT2D eigenvalue weighted by Gasteiger charge is -2.31. The van der Waals surface area contributed by atoms with Crippen molar-refractivity contribution < 1.29 is 17.9 Å². The molecule has 0 bridgehead atoms. The number of halogens is 3. The van der Waals surface area contributed by atoms with Crippen molar-refractivity contribution in [2.45, 2.75) is 52.2 Å². The number of alkyl halides is 2. The Morgan fingerprint density at radius 2 is 1.81 bits per heavy atom. The number of hydrogen-bond donors (Lipinski definition) is 1. The lowest BCUT2D eigenvalue weighted by molar-refractivity contribution is -0.0521. The van der Waals surface area contributed by atoms with E-state index in [2.05, 4.69) is 23.9 Å². The summed E-state index contributed by atoms with van der Waals surface area (Å²) in [6, 6.07) is 4.35. The average Bonchev–Trinajstić information content (AvgIpc) is 2.42. The maximum Gasteiger partial charge on any atom is 0.387 e. The Morgan fingerprint density at radius 1 is 1.14 bits per heavy atom. The second-order valence-electron chi connectivity index (χ2n) is 6.02. The van der Waals surface area contributed by atoms with Crippen molar-refractivity contribution in [3.05, 3.63) is 24.0 Å². The molecule has 1 fully saturated rings. The first kappa shape index (κ1) is 16.0. The molecule has 0 aliphatic heterocycles.